The van der Waals surface area contributed by atoms with Crippen molar-refractivity contribution in [1.29, 1.82) is 5.26 Å². The number of nitro benzene ring substituents is 1. The van der Waals surface area contributed by atoms with E-state index in [2.05, 4.69) is 26.4 Å². The Hall–Kier alpha value is -3.91. The molecule has 3 aromatic rings. The molecule has 0 amide bonds. The molecule has 0 unspecified atom stereocenters. The summed E-state index contributed by atoms with van der Waals surface area (Å²) in [6.45, 7) is 0.861. The molecule has 0 aliphatic carbocycles. The fourth-order valence-electron chi connectivity index (χ4n) is 3.51. The van der Waals surface area contributed by atoms with Crippen molar-refractivity contribution in [3.8, 4) is 17.7 Å². The number of hydrogen-bond donors (Lipinski definition) is 1. The Bertz CT molecular complexity index is 1080. The Morgan fingerprint density at radius 3 is 2.47 bits per heavy atom. The Kier molecular flexibility index (Phi) is 5.07. The predicted molar refractivity (Wildman–Crippen MR) is 103 cm³/mol. The number of benzene rings is 1. The monoisotopic (exact) mass is 407 g/mol. The van der Waals surface area contributed by atoms with E-state index >= 15 is 0 Å². The van der Waals surface area contributed by atoms with Crippen LogP contribution in [0.25, 0.3) is 11.6 Å². The normalized spacial score (nSPS) is 15.5. The zero-order valence-electron chi connectivity index (χ0n) is 15.8. The number of non-ortho nitro benzene ring substituents is 1. The number of nitriles is 1. The zero-order chi connectivity index (χ0) is 21.1. The first-order valence-electron chi connectivity index (χ1n) is 9.23. The lowest BCUT2D eigenvalue weighted by molar-refractivity contribution is -0.384. The summed E-state index contributed by atoms with van der Waals surface area (Å²) < 4.78 is 5.03. The average molecular weight is 407 g/mol. The van der Waals surface area contributed by atoms with Gasteiger partial charge >= 0.3 is 0 Å². The number of nitro groups is 1. The van der Waals surface area contributed by atoms with Gasteiger partial charge in [0.15, 0.2) is 17.3 Å². The second-order valence-electron chi connectivity index (χ2n) is 6.94. The average Bonchev–Trinajstić information content (AvgIpc) is 3.29. The van der Waals surface area contributed by atoms with Crippen LogP contribution in [-0.4, -0.2) is 43.5 Å². The van der Waals surface area contributed by atoms with Gasteiger partial charge in [-0.15, -0.1) is 10.2 Å². The lowest BCUT2D eigenvalue weighted by Crippen LogP contribution is -2.42. The number of aromatic nitrogens is 4. The maximum absolute atomic E-state index is 10.9. The topological polar surface area (TPSA) is 155 Å². The van der Waals surface area contributed by atoms with Crippen LogP contribution < -0.4 is 4.90 Å². The van der Waals surface area contributed by atoms with E-state index in [0.717, 1.165) is 5.56 Å². The highest BCUT2D eigenvalue weighted by molar-refractivity contribution is 5.50. The molecule has 11 heteroatoms. The number of anilines is 1. The minimum Gasteiger partial charge on any atom is -0.388 e. The summed E-state index contributed by atoms with van der Waals surface area (Å²) in [6.07, 6.45) is 1.13. The van der Waals surface area contributed by atoms with E-state index < -0.39 is 10.3 Å². The van der Waals surface area contributed by atoms with Gasteiger partial charge in [0.05, 0.1) is 16.4 Å². The van der Waals surface area contributed by atoms with Gasteiger partial charge in [0, 0.05) is 25.2 Å². The number of aliphatic hydroxyl groups excluding tert-OH is 1. The molecule has 1 aliphatic heterocycles. The van der Waals surface area contributed by atoms with Crippen molar-refractivity contribution in [1.82, 2.24) is 20.3 Å². The zero-order valence-corrected chi connectivity index (χ0v) is 15.8. The molecule has 1 N–H and O–H groups in total. The van der Waals surface area contributed by atoms with Gasteiger partial charge in [-0.05, 0) is 30.5 Å². The molecule has 0 atom stereocenters. The van der Waals surface area contributed by atoms with Crippen molar-refractivity contribution in [3.63, 3.8) is 0 Å². The third-order valence-electron chi connectivity index (χ3n) is 5.26. The van der Waals surface area contributed by atoms with Crippen molar-refractivity contribution in [2.75, 3.05) is 18.0 Å². The van der Waals surface area contributed by atoms with E-state index in [1.54, 1.807) is 24.3 Å². The van der Waals surface area contributed by atoms with Gasteiger partial charge in [-0.3, -0.25) is 10.1 Å². The SMILES string of the molecule is N#CC1(c2ccc([N+](=O)[O-])cc2)CCN(c2ccc(-c3nc(CO)no3)nn2)CC1. The number of rotatable bonds is 5. The maximum atomic E-state index is 10.9. The van der Waals surface area contributed by atoms with Gasteiger partial charge < -0.3 is 14.5 Å². The Morgan fingerprint density at radius 1 is 1.20 bits per heavy atom. The number of aliphatic hydroxyl groups is 1. The lowest BCUT2D eigenvalue weighted by atomic mass is 9.74. The van der Waals surface area contributed by atoms with Crippen LogP contribution in [0.2, 0.25) is 0 Å². The maximum Gasteiger partial charge on any atom is 0.278 e. The summed E-state index contributed by atoms with van der Waals surface area (Å²) in [5.74, 6) is 1.01. The molecule has 1 aliphatic rings. The van der Waals surface area contributed by atoms with E-state index in [4.69, 9.17) is 9.63 Å². The van der Waals surface area contributed by atoms with Gasteiger partial charge in [-0.1, -0.05) is 17.3 Å². The Morgan fingerprint density at radius 2 is 1.93 bits per heavy atom. The van der Waals surface area contributed by atoms with E-state index in [1.807, 2.05) is 4.90 Å². The van der Waals surface area contributed by atoms with E-state index in [0.29, 0.717) is 37.4 Å². The minimum absolute atomic E-state index is 0.00648. The molecular weight excluding hydrogens is 390 g/mol. The van der Waals surface area contributed by atoms with E-state index in [1.165, 1.54) is 12.1 Å². The molecule has 0 saturated carbocycles. The highest BCUT2D eigenvalue weighted by atomic mass is 16.6. The van der Waals surface area contributed by atoms with Crippen molar-refractivity contribution < 1.29 is 14.6 Å². The fourth-order valence-corrected chi connectivity index (χ4v) is 3.51. The van der Waals surface area contributed by atoms with Crippen molar-refractivity contribution >= 4 is 11.5 Å². The van der Waals surface area contributed by atoms with Gasteiger partial charge in [0.1, 0.15) is 6.61 Å². The van der Waals surface area contributed by atoms with Gasteiger partial charge in [-0.25, -0.2) is 0 Å². The second-order valence-corrected chi connectivity index (χ2v) is 6.94. The second kappa shape index (κ2) is 7.84. The molecule has 1 saturated heterocycles. The van der Waals surface area contributed by atoms with Crippen LogP contribution in [0.15, 0.2) is 40.9 Å². The van der Waals surface area contributed by atoms with E-state index in [9.17, 15) is 15.4 Å². The van der Waals surface area contributed by atoms with Crippen LogP contribution in [0.5, 0.6) is 0 Å². The van der Waals surface area contributed by atoms with Crippen LogP contribution in [-0.2, 0) is 12.0 Å². The summed E-state index contributed by atoms with van der Waals surface area (Å²) in [4.78, 5) is 16.4. The largest absolute Gasteiger partial charge is 0.388 e. The predicted octanol–water partition coefficient (Wildman–Crippen LogP) is 1.99. The summed E-state index contributed by atoms with van der Waals surface area (Å²) in [5.41, 5.74) is 0.503. The summed E-state index contributed by atoms with van der Waals surface area (Å²) >= 11 is 0. The van der Waals surface area contributed by atoms with Crippen LogP contribution in [0, 0.1) is 21.4 Å². The first-order chi connectivity index (χ1) is 14.5. The molecule has 2 aromatic heterocycles. The molecule has 152 valence electrons. The minimum atomic E-state index is -0.691. The molecule has 0 bridgehead atoms. The highest BCUT2D eigenvalue weighted by Crippen LogP contribution is 2.36. The molecule has 0 radical (unpaired) electrons. The first-order valence-corrected chi connectivity index (χ1v) is 9.23. The molecule has 4 rings (SSSR count). The van der Waals surface area contributed by atoms with Crippen LogP contribution in [0.3, 0.4) is 0 Å². The van der Waals surface area contributed by atoms with E-state index in [-0.39, 0.29) is 24.0 Å². The quantitative estimate of drug-likeness (QED) is 0.490. The van der Waals surface area contributed by atoms with Crippen LogP contribution >= 0.6 is 0 Å². The standard InChI is InChI=1S/C19H17N7O4/c20-12-19(13-1-3-14(4-2-13)26(28)29)7-9-25(10-8-19)17-6-5-15(22-23-17)18-21-16(11-27)24-30-18/h1-6,27H,7-11H2. The van der Waals surface area contributed by atoms with Crippen molar-refractivity contribution in [3.05, 3.63) is 57.9 Å². The van der Waals surface area contributed by atoms with Gasteiger partial charge in [0.25, 0.3) is 11.6 Å². The molecule has 3 heterocycles. The number of hydrogen-bond acceptors (Lipinski definition) is 10. The number of nitrogens with zero attached hydrogens (tertiary/aromatic N) is 7. The smallest absolute Gasteiger partial charge is 0.278 e. The number of piperidine rings is 1. The molecule has 30 heavy (non-hydrogen) atoms. The van der Waals surface area contributed by atoms with Gasteiger partial charge in [0.2, 0.25) is 0 Å². The first kappa shape index (κ1) is 19.4. The van der Waals surface area contributed by atoms with Crippen molar-refractivity contribution in [2.24, 2.45) is 0 Å². The third-order valence-corrected chi connectivity index (χ3v) is 5.26. The molecule has 11 nitrogen and oxygen atoms in total. The molecule has 0 spiro atoms. The molecular formula is C19H17N7O4. The Balaban J connectivity index is 1.46. The van der Waals surface area contributed by atoms with Gasteiger partial charge in [-0.2, -0.15) is 10.2 Å². The summed E-state index contributed by atoms with van der Waals surface area (Å²) in [7, 11) is 0. The Labute approximate surface area is 170 Å². The molecule has 1 fully saturated rings. The third kappa shape index (κ3) is 3.56. The lowest BCUT2D eigenvalue weighted by Gasteiger charge is -2.38. The summed E-state index contributed by atoms with van der Waals surface area (Å²) in [5, 5.41) is 41.7. The van der Waals surface area contributed by atoms with Crippen LogP contribution in [0.4, 0.5) is 11.5 Å². The van der Waals surface area contributed by atoms with Crippen molar-refractivity contribution in [2.45, 2.75) is 24.9 Å². The summed E-state index contributed by atoms with van der Waals surface area (Å²) in [6, 6.07) is 12.1. The van der Waals surface area contributed by atoms with Crippen LogP contribution in [0.1, 0.15) is 24.2 Å². The highest BCUT2D eigenvalue weighted by Gasteiger charge is 2.37. The molecule has 1 aromatic carbocycles. The fraction of sp³-hybridized carbons (Fsp3) is 0.316.